The molecule has 9 heteroatoms. The van der Waals surface area contributed by atoms with Crippen molar-refractivity contribution in [3.63, 3.8) is 0 Å². The van der Waals surface area contributed by atoms with E-state index in [4.69, 9.17) is 4.74 Å². The van der Waals surface area contributed by atoms with Gasteiger partial charge in [0.1, 0.15) is 24.3 Å². The van der Waals surface area contributed by atoms with Gasteiger partial charge in [-0.25, -0.2) is 4.39 Å². The first-order valence-electron chi connectivity index (χ1n) is 11.4. The van der Waals surface area contributed by atoms with E-state index in [9.17, 15) is 14.3 Å². The molecule has 3 rings (SSSR count). The number of hydrogen-bond acceptors (Lipinski definition) is 4. The number of rotatable bonds is 8. The molecule has 1 heterocycles. The van der Waals surface area contributed by atoms with Crippen molar-refractivity contribution in [1.82, 2.24) is 15.5 Å². The molecular weight excluding hydrogens is 526 g/mol. The number of amides is 1. The average molecular weight is 562 g/mol. The summed E-state index contributed by atoms with van der Waals surface area (Å²) in [6.45, 7) is 4.40. The molecule has 2 fully saturated rings. The number of nitrogens with zero attached hydrogens (tertiary/aromatic N) is 2. The number of guanidine groups is 1. The molecule has 1 saturated heterocycles. The van der Waals surface area contributed by atoms with E-state index in [1.54, 1.807) is 0 Å². The number of hydrogen-bond donors (Lipinski definition) is 3. The average Bonchev–Trinajstić information content (AvgIpc) is 3.26. The molecule has 2 unspecified atom stereocenters. The molecule has 0 spiro atoms. The lowest BCUT2D eigenvalue weighted by Crippen LogP contribution is -2.46. The zero-order valence-corrected chi connectivity index (χ0v) is 21.1. The minimum Gasteiger partial charge on any atom is -0.491 e. The van der Waals surface area contributed by atoms with E-state index >= 15 is 0 Å². The molecule has 1 aliphatic heterocycles. The largest absolute Gasteiger partial charge is 0.491 e. The van der Waals surface area contributed by atoms with Gasteiger partial charge in [0.15, 0.2) is 5.96 Å². The van der Waals surface area contributed by atoms with E-state index in [2.05, 4.69) is 15.6 Å². The zero-order chi connectivity index (χ0) is 22.1. The number of carbonyl (C=O) groups is 1. The van der Waals surface area contributed by atoms with E-state index < -0.39 is 6.10 Å². The van der Waals surface area contributed by atoms with Crippen molar-refractivity contribution in [2.24, 2.45) is 10.9 Å². The van der Waals surface area contributed by atoms with Gasteiger partial charge in [0.2, 0.25) is 5.91 Å². The summed E-state index contributed by atoms with van der Waals surface area (Å²) in [5.74, 6) is 1.30. The predicted molar refractivity (Wildman–Crippen MR) is 134 cm³/mol. The van der Waals surface area contributed by atoms with E-state index in [-0.39, 0.29) is 54.9 Å². The predicted octanol–water partition coefficient (Wildman–Crippen LogP) is 2.92. The number of halogens is 2. The molecule has 0 aromatic heterocycles. The normalized spacial score (nSPS) is 20.4. The number of aliphatic hydroxyl groups is 1. The third kappa shape index (κ3) is 8.38. The van der Waals surface area contributed by atoms with Crippen LogP contribution in [0.25, 0.3) is 0 Å². The van der Waals surface area contributed by atoms with Gasteiger partial charge in [0.05, 0.1) is 6.54 Å². The van der Waals surface area contributed by atoms with Crippen molar-refractivity contribution in [1.29, 1.82) is 0 Å². The molecule has 1 amide bonds. The Morgan fingerprint density at radius 2 is 1.97 bits per heavy atom. The molecule has 1 aliphatic carbocycles. The Labute approximate surface area is 207 Å². The molecule has 1 aromatic carbocycles. The van der Waals surface area contributed by atoms with Crippen LogP contribution in [-0.4, -0.2) is 66.8 Å². The molecule has 0 radical (unpaired) electrons. The Bertz CT molecular complexity index is 728. The molecule has 2 atom stereocenters. The van der Waals surface area contributed by atoms with Crippen LogP contribution in [0.15, 0.2) is 29.3 Å². The van der Waals surface area contributed by atoms with Gasteiger partial charge >= 0.3 is 0 Å². The van der Waals surface area contributed by atoms with Crippen LogP contribution in [0.5, 0.6) is 5.75 Å². The van der Waals surface area contributed by atoms with Crippen molar-refractivity contribution in [3.8, 4) is 5.75 Å². The van der Waals surface area contributed by atoms with Gasteiger partial charge < -0.3 is 25.4 Å². The zero-order valence-electron chi connectivity index (χ0n) is 18.8. The van der Waals surface area contributed by atoms with E-state index in [0.29, 0.717) is 30.7 Å². The SMILES string of the molecule is CCNC(=NCC(O)COc1ccc(F)cc1)NC1CCN(C(=O)C2CCCCC2)C1.I. The summed E-state index contributed by atoms with van der Waals surface area (Å²) in [6, 6.07) is 5.83. The number of nitrogens with one attached hydrogen (secondary N) is 2. The molecule has 3 N–H and O–H groups in total. The molecule has 7 nitrogen and oxygen atoms in total. The number of aliphatic hydroxyl groups excluding tert-OH is 1. The topological polar surface area (TPSA) is 86.2 Å². The third-order valence-electron chi connectivity index (χ3n) is 5.86. The highest BCUT2D eigenvalue weighted by molar-refractivity contribution is 14.0. The fourth-order valence-corrected chi connectivity index (χ4v) is 4.17. The van der Waals surface area contributed by atoms with Crippen LogP contribution < -0.4 is 15.4 Å². The smallest absolute Gasteiger partial charge is 0.225 e. The highest BCUT2D eigenvalue weighted by atomic mass is 127. The van der Waals surface area contributed by atoms with Gasteiger partial charge in [-0.15, -0.1) is 24.0 Å². The fraction of sp³-hybridized carbons (Fsp3) is 0.652. The summed E-state index contributed by atoms with van der Waals surface area (Å²) >= 11 is 0. The number of ether oxygens (including phenoxy) is 1. The van der Waals surface area contributed by atoms with Gasteiger partial charge in [0, 0.05) is 31.6 Å². The van der Waals surface area contributed by atoms with Gasteiger partial charge in [-0.3, -0.25) is 9.79 Å². The number of aliphatic imine (C=N–C) groups is 1. The van der Waals surface area contributed by atoms with Crippen LogP contribution in [-0.2, 0) is 4.79 Å². The van der Waals surface area contributed by atoms with E-state index in [1.165, 1.54) is 30.7 Å². The molecule has 32 heavy (non-hydrogen) atoms. The van der Waals surface area contributed by atoms with Crippen molar-refractivity contribution >= 4 is 35.8 Å². The van der Waals surface area contributed by atoms with Gasteiger partial charge in [0.25, 0.3) is 0 Å². The first-order valence-corrected chi connectivity index (χ1v) is 11.4. The molecule has 2 aliphatic rings. The monoisotopic (exact) mass is 562 g/mol. The summed E-state index contributed by atoms with van der Waals surface area (Å²) in [5.41, 5.74) is 0. The Kier molecular flexibility index (Phi) is 11.5. The van der Waals surface area contributed by atoms with Crippen LogP contribution in [0.3, 0.4) is 0 Å². The summed E-state index contributed by atoms with van der Waals surface area (Å²) in [7, 11) is 0. The minimum atomic E-state index is -0.784. The Morgan fingerprint density at radius 3 is 2.66 bits per heavy atom. The molecule has 0 bridgehead atoms. The van der Waals surface area contributed by atoms with Crippen molar-refractivity contribution < 1.29 is 19.0 Å². The van der Waals surface area contributed by atoms with E-state index in [1.807, 2.05) is 11.8 Å². The first kappa shape index (κ1) is 26.6. The van der Waals surface area contributed by atoms with Crippen LogP contribution in [0, 0.1) is 11.7 Å². The summed E-state index contributed by atoms with van der Waals surface area (Å²) in [4.78, 5) is 19.2. The highest BCUT2D eigenvalue weighted by Gasteiger charge is 2.31. The number of carbonyl (C=O) groups excluding carboxylic acids is 1. The minimum absolute atomic E-state index is 0. The number of benzene rings is 1. The van der Waals surface area contributed by atoms with Gasteiger partial charge in [-0.1, -0.05) is 19.3 Å². The van der Waals surface area contributed by atoms with Gasteiger partial charge in [-0.05, 0) is 50.5 Å². The lowest BCUT2D eigenvalue weighted by atomic mass is 9.88. The maximum atomic E-state index is 12.9. The summed E-state index contributed by atoms with van der Waals surface area (Å²) in [6.07, 6.45) is 5.72. The highest BCUT2D eigenvalue weighted by Crippen LogP contribution is 2.26. The molecule has 1 saturated carbocycles. The lowest BCUT2D eigenvalue weighted by Gasteiger charge is -2.26. The maximum Gasteiger partial charge on any atom is 0.225 e. The maximum absolute atomic E-state index is 12.9. The second-order valence-corrected chi connectivity index (χ2v) is 8.39. The lowest BCUT2D eigenvalue weighted by molar-refractivity contribution is -0.135. The number of likely N-dealkylation sites (tertiary alicyclic amines) is 1. The van der Waals surface area contributed by atoms with E-state index in [0.717, 1.165) is 38.6 Å². The molecule has 1 aromatic rings. The van der Waals surface area contributed by atoms with Gasteiger partial charge in [-0.2, -0.15) is 0 Å². The summed E-state index contributed by atoms with van der Waals surface area (Å²) < 4.78 is 18.4. The Balaban J connectivity index is 0.00000363. The fourth-order valence-electron chi connectivity index (χ4n) is 4.17. The van der Waals surface area contributed by atoms with Crippen LogP contribution in [0.4, 0.5) is 4.39 Å². The Hall–Kier alpha value is -1.62. The standard InChI is InChI=1S/C23H35FN4O3.HI/c1-2-25-23(26-14-20(29)16-31-21-10-8-18(24)9-11-21)27-19-12-13-28(15-19)22(30)17-6-4-3-5-7-17;/h8-11,17,19-20,29H,2-7,12-16H2,1H3,(H2,25,26,27);1H. The molecular formula is C23H36FIN4O3. The van der Waals surface area contributed by atoms with Crippen molar-refractivity contribution in [2.75, 3.05) is 32.8 Å². The van der Waals surface area contributed by atoms with Crippen molar-refractivity contribution in [2.45, 2.75) is 57.6 Å². The van der Waals surface area contributed by atoms with Crippen LogP contribution in [0.1, 0.15) is 45.4 Å². The van der Waals surface area contributed by atoms with Crippen molar-refractivity contribution in [3.05, 3.63) is 30.1 Å². The molecule has 180 valence electrons. The third-order valence-corrected chi connectivity index (χ3v) is 5.86. The Morgan fingerprint density at radius 1 is 1.25 bits per heavy atom. The second kappa shape index (κ2) is 13.8. The van der Waals surface area contributed by atoms with Crippen LogP contribution >= 0.6 is 24.0 Å². The van der Waals surface area contributed by atoms with Crippen LogP contribution in [0.2, 0.25) is 0 Å². The summed E-state index contributed by atoms with van der Waals surface area (Å²) in [5, 5.41) is 16.8. The second-order valence-electron chi connectivity index (χ2n) is 8.39. The quantitative estimate of drug-likeness (QED) is 0.258. The first-order chi connectivity index (χ1) is 15.0.